The number of rotatable bonds is 8. The Bertz CT molecular complexity index is 631. The van der Waals surface area contributed by atoms with Crippen LogP contribution in [0.15, 0.2) is 29.2 Å². The molecule has 1 fully saturated rings. The maximum absolute atomic E-state index is 13.2. The van der Waals surface area contributed by atoms with Crippen molar-refractivity contribution < 1.29 is 8.42 Å². The fraction of sp³-hybridized carbons (Fsp3) is 0.684. The SMILES string of the molecule is Cc1ccc(S(=O)(=O)N2CCN(CCCN)CCN(CCCN)CC2)cc1. The molecule has 0 aromatic heterocycles. The number of nitrogens with zero attached hydrogens (tertiary/aromatic N) is 3. The maximum Gasteiger partial charge on any atom is 0.243 e. The molecule has 0 amide bonds. The van der Waals surface area contributed by atoms with Crippen molar-refractivity contribution in [1.29, 1.82) is 0 Å². The molecule has 0 spiro atoms. The number of benzene rings is 1. The largest absolute Gasteiger partial charge is 0.330 e. The van der Waals surface area contributed by atoms with E-state index in [4.69, 9.17) is 11.5 Å². The van der Waals surface area contributed by atoms with E-state index in [0.29, 0.717) is 31.1 Å². The molecule has 1 aromatic rings. The summed E-state index contributed by atoms with van der Waals surface area (Å²) in [4.78, 5) is 5.02. The van der Waals surface area contributed by atoms with E-state index in [1.807, 2.05) is 19.1 Å². The highest BCUT2D eigenvalue weighted by molar-refractivity contribution is 7.89. The van der Waals surface area contributed by atoms with Gasteiger partial charge < -0.3 is 21.3 Å². The van der Waals surface area contributed by atoms with Crippen LogP contribution in [0, 0.1) is 6.92 Å². The standard InChI is InChI=1S/C19H35N5O2S/c1-18-4-6-19(7-5-18)27(25,26)24-16-14-22(10-2-8-20)12-13-23(15-17-24)11-3-9-21/h4-7H,2-3,8-17,20-21H2,1H3. The van der Waals surface area contributed by atoms with Crippen molar-refractivity contribution in [1.82, 2.24) is 14.1 Å². The Kier molecular flexibility index (Phi) is 9.14. The number of sulfonamides is 1. The molecule has 2 rings (SSSR count). The molecule has 0 saturated carbocycles. The van der Waals surface area contributed by atoms with Crippen LogP contribution in [0.25, 0.3) is 0 Å². The maximum atomic E-state index is 13.2. The molecule has 0 bridgehead atoms. The number of aryl methyl sites for hydroxylation is 1. The van der Waals surface area contributed by atoms with Crippen molar-refractivity contribution in [2.75, 3.05) is 65.4 Å². The van der Waals surface area contributed by atoms with Crippen LogP contribution in [0.4, 0.5) is 0 Å². The first-order chi connectivity index (χ1) is 13.0. The molecular weight excluding hydrogens is 362 g/mol. The Labute approximate surface area is 164 Å². The van der Waals surface area contributed by atoms with Gasteiger partial charge in [0.15, 0.2) is 0 Å². The van der Waals surface area contributed by atoms with Crippen LogP contribution in [0.5, 0.6) is 0 Å². The molecule has 1 aliphatic heterocycles. The predicted molar refractivity (Wildman–Crippen MR) is 110 cm³/mol. The van der Waals surface area contributed by atoms with Crippen LogP contribution in [0.1, 0.15) is 18.4 Å². The summed E-state index contributed by atoms with van der Waals surface area (Å²) in [6, 6.07) is 7.11. The van der Waals surface area contributed by atoms with Gasteiger partial charge in [-0.25, -0.2) is 8.42 Å². The lowest BCUT2D eigenvalue weighted by Gasteiger charge is -2.25. The number of hydrogen-bond donors (Lipinski definition) is 2. The van der Waals surface area contributed by atoms with E-state index in [2.05, 4.69) is 9.80 Å². The second kappa shape index (κ2) is 11.1. The molecule has 8 heteroatoms. The summed E-state index contributed by atoms with van der Waals surface area (Å²) in [5.74, 6) is 0. The van der Waals surface area contributed by atoms with Gasteiger partial charge in [0.25, 0.3) is 0 Å². The smallest absolute Gasteiger partial charge is 0.243 e. The molecule has 1 aromatic carbocycles. The van der Waals surface area contributed by atoms with E-state index in [-0.39, 0.29) is 0 Å². The van der Waals surface area contributed by atoms with Gasteiger partial charge in [0.05, 0.1) is 4.90 Å². The Hall–Kier alpha value is -1.03. The Morgan fingerprint density at radius 1 is 0.815 bits per heavy atom. The summed E-state index contributed by atoms with van der Waals surface area (Å²) in [5.41, 5.74) is 12.4. The summed E-state index contributed by atoms with van der Waals surface area (Å²) >= 11 is 0. The van der Waals surface area contributed by atoms with Crippen LogP contribution >= 0.6 is 0 Å². The number of nitrogens with two attached hydrogens (primary N) is 2. The topological polar surface area (TPSA) is 95.9 Å². The molecule has 7 nitrogen and oxygen atoms in total. The first-order valence-electron chi connectivity index (χ1n) is 9.89. The number of hydrogen-bond acceptors (Lipinski definition) is 6. The van der Waals surface area contributed by atoms with Gasteiger partial charge in [-0.1, -0.05) is 17.7 Å². The first kappa shape index (κ1) is 22.3. The van der Waals surface area contributed by atoms with Gasteiger partial charge in [-0.15, -0.1) is 0 Å². The first-order valence-corrected chi connectivity index (χ1v) is 11.3. The molecule has 0 radical (unpaired) electrons. The molecule has 1 saturated heterocycles. The summed E-state index contributed by atoms with van der Waals surface area (Å²) in [5, 5.41) is 0. The van der Waals surface area contributed by atoms with Gasteiger partial charge in [0.1, 0.15) is 0 Å². The van der Waals surface area contributed by atoms with Gasteiger partial charge >= 0.3 is 0 Å². The lowest BCUT2D eigenvalue weighted by Crippen LogP contribution is -2.40. The molecule has 27 heavy (non-hydrogen) atoms. The minimum absolute atomic E-state index is 0.370. The van der Waals surface area contributed by atoms with E-state index in [1.54, 1.807) is 16.4 Å². The molecular formula is C19H35N5O2S. The second-order valence-corrected chi connectivity index (χ2v) is 9.12. The molecule has 0 unspecified atom stereocenters. The molecule has 0 atom stereocenters. The normalized spacial score (nSPS) is 18.8. The van der Waals surface area contributed by atoms with Gasteiger partial charge in [-0.2, -0.15) is 4.31 Å². The van der Waals surface area contributed by atoms with Crippen molar-refractivity contribution in [2.24, 2.45) is 11.5 Å². The molecule has 154 valence electrons. The summed E-state index contributed by atoms with van der Waals surface area (Å²) < 4.78 is 28.0. The van der Waals surface area contributed by atoms with E-state index >= 15 is 0 Å². The van der Waals surface area contributed by atoms with E-state index < -0.39 is 10.0 Å². The quantitative estimate of drug-likeness (QED) is 0.655. The lowest BCUT2D eigenvalue weighted by atomic mass is 10.2. The van der Waals surface area contributed by atoms with E-state index in [1.165, 1.54) is 0 Å². The third-order valence-corrected chi connectivity index (χ3v) is 6.99. The van der Waals surface area contributed by atoms with E-state index in [9.17, 15) is 8.42 Å². The van der Waals surface area contributed by atoms with Crippen molar-refractivity contribution in [3.63, 3.8) is 0 Å². The van der Waals surface area contributed by atoms with Crippen LogP contribution in [-0.2, 0) is 10.0 Å². The Morgan fingerprint density at radius 3 is 1.70 bits per heavy atom. The monoisotopic (exact) mass is 397 g/mol. The molecule has 4 N–H and O–H groups in total. The van der Waals surface area contributed by atoms with Gasteiger partial charge in [0.2, 0.25) is 10.0 Å². The van der Waals surface area contributed by atoms with Crippen LogP contribution in [0.3, 0.4) is 0 Å². The zero-order valence-corrected chi connectivity index (χ0v) is 17.3. The van der Waals surface area contributed by atoms with Crippen LogP contribution < -0.4 is 11.5 Å². The van der Waals surface area contributed by atoms with Crippen molar-refractivity contribution in [3.8, 4) is 0 Å². The van der Waals surface area contributed by atoms with Crippen molar-refractivity contribution >= 4 is 10.0 Å². The summed E-state index contributed by atoms with van der Waals surface area (Å²) in [6.07, 6.45) is 1.85. The predicted octanol–water partition coefficient (Wildman–Crippen LogP) is 0.301. The summed E-state index contributed by atoms with van der Waals surface area (Å²) in [7, 11) is -3.49. The fourth-order valence-corrected chi connectivity index (χ4v) is 4.72. The average molecular weight is 398 g/mol. The summed E-state index contributed by atoms with van der Waals surface area (Å²) in [6.45, 7) is 9.41. The van der Waals surface area contributed by atoms with Crippen LogP contribution in [0.2, 0.25) is 0 Å². The highest BCUT2D eigenvalue weighted by Gasteiger charge is 2.26. The second-order valence-electron chi connectivity index (χ2n) is 7.18. The van der Waals surface area contributed by atoms with Crippen molar-refractivity contribution in [3.05, 3.63) is 29.8 Å². The third-order valence-electron chi connectivity index (χ3n) is 5.08. The minimum Gasteiger partial charge on any atom is -0.330 e. The third kappa shape index (κ3) is 6.81. The fourth-order valence-electron chi connectivity index (χ4n) is 3.30. The minimum atomic E-state index is -3.49. The molecule has 1 aliphatic rings. The van der Waals surface area contributed by atoms with Crippen molar-refractivity contribution in [2.45, 2.75) is 24.7 Å². The highest BCUT2D eigenvalue weighted by Crippen LogP contribution is 2.17. The highest BCUT2D eigenvalue weighted by atomic mass is 32.2. The zero-order chi connectivity index (χ0) is 19.7. The molecule has 1 heterocycles. The lowest BCUT2D eigenvalue weighted by molar-refractivity contribution is 0.218. The Balaban J connectivity index is 2.16. The van der Waals surface area contributed by atoms with E-state index in [0.717, 1.165) is 57.7 Å². The van der Waals surface area contributed by atoms with Gasteiger partial charge in [-0.3, -0.25) is 0 Å². The average Bonchev–Trinajstić information content (AvgIpc) is 2.76. The zero-order valence-electron chi connectivity index (χ0n) is 16.5. The Morgan fingerprint density at radius 2 is 1.26 bits per heavy atom. The molecule has 0 aliphatic carbocycles. The van der Waals surface area contributed by atoms with Gasteiger partial charge in [-0.05, 0) is 58.1 Å². The van der Waals surface area contributed by atoms with Gasteiger partial charge in [0, 0.05) is 39.3 Å². The van der Waals surface area contributed by atoms with Crippen LogP contribution in [-0.4, -0.2) is 88.0 Å².